The number of ether oxygens (including phenoxy) is 2. The first-order chi connectivity index (χ1) is 15.1. The summed E-state index contributed by atoms with van der Waals surface area (Å²) in [6, 6.07) is 4.22. The number of benzene rings is 1. The van der Waals surface area contributed by atoms with Gasteiger partial charge in [0.15, 0.2) is 0 Å². The molecule has 0 spiro atoms. The number of nitrogens with one attached hydrogen (secondary N) is 2. The van der Waals surface area contributed by atoms with Crippen molar-refractivity contribution in [3.63, 3.8) is 0 Å². The fourth-order valence-electron chi connectivity index (χ4n) is 5.29. The first-order valence-electron chi connectivity index (χ1n) is 10.8. The van der Waals surface area contributed by atoms with Gasteiger partial charge in [0.05, 0.1) is 30.8 Å². The van der Waals surface area contributed by atoms with Crippen molar-refractivity contribution in [1.82, 2.24) is 15.2 Å². The van der Waals surface area contributed by atoms with Gasteiger partial charge in [0.2, 0.25) is 5.91 Å². The van der Waals surface area contributed by atoms with Crippen molar-refractivity contribution in [3.05, 3.63) is 35.0 Å². The van der Waals surface area contributed by atoms with E-state index in [4.69, 9.17) is 9.47 Å². The SMILES string of the molecule is COCC1(COC)C(=O)N(CCCO)c2cc3c4c([nH]c3cc21)-c1[nH]ncc1CCC4. The second kappa shape index (κ2) is 7.78. The van der Waals surface area contributed by atoms with E-state index in [0.29, 0.717) is 13.0 Å². The van der Waals surface area contributed by atoms with Crippen molar-refractivity contribution in [1.29, 1.82) is 0 Å². The molecule has 0 fully saturated rings. The molecule has 1 aromatic carbocycles. The molecule has 1 amide bonds. The Morgan fingerprint density at radius 2 is 2.00 bits per heavy atom. The number of aromatic nitrogens is 3. The summed E-state index contributed by atoms with van der Waals surface area (Å²) >= 11 is 0. The number of anilines is 1. The molecule has 8 nitrogen and oxygen atoms in total. The topological polar surface area (TPSA) is 103 Å². The van der Waals surface area contributed by atoms with Crippen LogP contribution in [0.2, 0.25) is 0 Å². The lowest BCUT2D eigenvalue weighted by atomic mass is 9.82. The molecule has 1 aliphatic carbocycles. The molecule has 3 aromatic rings. The second-order valence-corrected chi connectivity index (χ2v) is 8.50. The summed E-state index contributed by atoms with van der Waals surface area (Å²) in [7, 11) is 3.21. The number of fused-ring (bicyclic) bond motifs is 6. The fourth-order valence-corrected chi connectivity index (χ4v) is 5.29. The van der Waals surface area contributed by atoms with Gasteiger partial charge in [-0.05, 0) is 54.5 Å². The van der Waals surface area contributed by atoms with Crippen LogP contribution in [0.5, 0.6) is 0 Å². The Morgan fingerprint density at radius 3 is 2.74 bits per heavy atom. The third kappa shape index (κ3) is 2.93. The number of carbonyl (C=O) groups excluding carboxylic acids is 1. The maximum Gasteiger partial charge on any atom is 0.242 e. The van der Waals surface area contributed by atoms with Crippen LogP contribution in [0.15, 0.2) is 18.3 Å². The molecule has 0 unspecified atom stereocenters. The number of aliphatic hydroxyl groups excluding tert-OH is 1. The van der Waals surface area contributed by atoms with Crippen LogP contribution < -0.4 is 4.90 Å². The van der Waals surface area contributed by atoms with Crippen LogP contribution in [0.25, 0.3) is 22.3 Å². The van der Waals surface area contributed by atoms with E-state index in [1.807, 2.05) is 6.20 Å². The lowest BCUT2D eigenvalue weighted by Gasteiger charge is -2.27. The van der Waals surface area contributed by atoms with Crippen LogP contribution >= 0.6 is 0 Å². The summed E-state index contributed by atoms with van der Waals surface area (Å²) in [5.41, 5.74) is 6.52. The normalized spacial score (nSPS) is 17.0. The van der Waals surface area contributed by atoms with Crippen molar-refractivity contribution in [2.75, 3.05) is 45.5 Å². The lowest BCUT2D eigenvalue weighted by molar-refractivity contribution is -0.127. The highest BCUT2D eigenvalue weighted by atomic mass is 16.5. The van der Waals surface area contributed by atoms with Crippen molar-refractivity contribution >= 4 is 22.5 Å². The molecule has 0 saturated heterocycles. The van der Waals surface area contributed by atoms with Crippen LogP contribution in [0.3, 0.4) is 0 Å². The number of aromatic amines is 2. The van der Waals surface area contributed by atoms with Gasteiger partial charge in [-0.2, -0.15) is 5.10 Å². The average Bonchev–Trinajstić information content (AvgIpc) is 3.39. The third-order valence-corrected chi connectivity index (χ3v) is 6.65. The molecule has 31 heavy (non-hydrogen) atoms. The van der Waals surface area contributed by atoms with Gasteiger partial charge in [-0.3, -0.25) is 9.89 Å². The molecule has 5 rings (SSSR count). The highest BCUT2D eigenvalue weighted by molar-refractivity contribution is 6.11. The van der Waals surface area contributed by atoms with E-state index < -0.39 is 5.41 Å². The quantitative estimate of drug-likeness (QED) is 0.540. The minimum atomic E-state index is -0.899. The average molecular weight is 425 g/mol. The number of methoxy groups -OCH3 is 2. The Morgan fingerprint density at radius 1 is 1.19 bits per heavy atom. The molecule has 8 heteroatoms. The van der Waals surface area contributed by atoms with Gasteiger partial charge in [-0.1, -0.05) is 0 Å². The summed E-state index contributed by atoms with van der Waals surface area (Å²) < 4.78 is 11.0. The van der Waals surface area contributed by atoms with Gasteiger partial charge in [-0.15, -0.1) is 0 Å². The van der Waals surface area contributed by atoms with Crippen molar-refractivity contribution in [2.24, 2.45) is 0 Å². The summed E-state index contributed by atoms with van der Waals surface area (Å²) in [5.74, 6) is -0.0331. The summed E-state index contributed by atoms with van der Waals surface area (Å²) in [5, 5.41) is 17.9. The standard InChI is InChI=1S/C23H28N4O4/c1-30-12-23(13-31-2)17-10-18-16(9-19(17)27(22(23)29)7-4-8-28)15-6-3-5-14-11-24-26-20(14)21(15)25-18/h9-11,25,28H,3-8,12-13H2,1-2H3,(H,24,26). The summed E-state index contributed by atoms with van der Waals surface area (Å²) in [4.78, 5) is 19.0. The monoisotopic (exact) mass is 424 g/mol. The number of carbonyl (C=O) groups is 1. The molecule has 0 radical (unpaired) electrons. The smallest absolute Gasteiger partial charge is 0.242 e. The zero-order valence-corrected chi connectivity index (χ0v) is 18.0. The number of aliphatic hydroxyl groups is 1. The number of aryl methyl sites for hydroxylation is 2. The Bertz CT molecular complexity index is 1130. The van der Waals surface area contributed by atoms with E-state index in [1.165, 1.54) is 11.1 Å². The lowest BCUT2D eigenvalue weighted by Crippen LogP contribution is -2.47. The van der Waals surface area contributed by atoms with Crippen molar-refractivity contribution in [2.45, 2.75) is 31.1 Å². The number of H-pyrrole nitrogens is 2. The maximum absolute atomic E-state index is 13.6. The summed E-state index contributed by atoms with van der Waals surface area (Å²) in [6.07, 6.45) is 5.43. The number of nitrogens with zero attached hydrogens (tertiary/aromatic N) is 2. The highest BCUT2D eigenvalue weighted by Crippen LogP contribution is 2.46. The molecule has 2 aromatic heterocycles. The molecule has 164 valence electrons. The van der Waals surface area contributed by atoms with E-state index in [1.54, 1.807) is 19.1 Å². The molecule has 3 heterocycles. The number of hydrogen-bond acceptors (Lipinski definition) is 5. The van der Waals surface area contributed by atoms with Gasteiger partial charge in [0, 0.05) is 44.0 Å². The molecule has 0 saturated carbocycles. The summed E-state index contributed by atoms with van der Waals surface area (Å²) in [6.45, 7) is 0.962. The molecule has 2 aliphatic rings. The predicted molar refractivity (Wildman–Crippen MR) is 117 cm³/mol. The van der Waals surface area contributed by atoms with E-state index in [2.05, 4.69) is 27.3 Å². The third-order valence-electron chi connectivity index (χ3n) is 6.65. The highest BCUT2D eigenvalue weighted by Gasteiger charge is 2.51. The Hall–Kier alpha value is -2.68. The van der Waals surface area contributed by atoms with Crippen molar-refractivity contribution < 1.29 is 19.4 Å². The fraction of sp³-hybridized carbons (Fsp3) is 0.478. The van der Waals surface area contributed by atoms with Crippen LogP contribution in [-0.2, 0) is 32.5 Å². The number of rotatable bonds is 7. The van der Waals surface area contributed by atoms with Gasteiger partial charge in [0.1, 0.15) is 5.41 Å². The van der Waals surface area contributed by atoms with Gasteiger partial charge >= 0.3 is 0 Å². The largest absolute Gasteiger partial charge is 0.396 e. The molecule has 0 bridgehead atoms. The number of amides is 1. The second-order valence-electron chi connectivity index (χ2n) is 8.50. The molecule has 1 aliphatic heterocycles. The molecule has 3 N–H and O–H groups in total. The van der Waals surface area contributed by atoms with Gasteiger partial charge < -0.3 is 24.5 Å². The molecular weight excluding hydrogens is 396 g/mol. The first-order valence-corrected chi connectivity index (χ1v) is 10.8. The molecule has 0 atom stereocenters. The van der Waals surface area contributed by atoms with Crippen LogP contribution in [0.4, 0.5) is 5.69 Å². The number of hydrogen-bond donors (Lipinski definition) is 3. The van der Waals surface area contributed by atoms with Gasteiger partial charge in [0.25, 0.3) is 0 Å². The van der Waals surface area contributed by atoms with Crippen LogP contribution in [0.1, 0.15) is 29.5 Å². The van der Waals surface area contributed by atoms with E-state index in [9.17, 15) is 9.90 Å². The van der Waals surface area contributed by atoms with Crippen LogP contribution in [0, 0.1) is 0 Å². The minimum Gasteiger partial charge on any atom is -0.396 e. The Labute approximate surface area is 180 Å². The maximum atomic E-state index is 13.6. The molecular formula is C23H28N4O4. The zero-order chi connectivity index (χ0) is 21.6. The van der Waals surface area contributed by atoms with Crippen LogP contribution in [-0.4, -0.2) is 66.8 Å². The zero-order valence-electron chi connectivity index (χ0n) is 18.0. The Balaban J connectivity index is 1.73. The van der Waals surface area contributed by atoms with E-state index in [0.717, 1.165) is 52.8 Å². The Kier molecular flexibility index (Phi) is 5.08. The predicted octanol–water partition coefficient (Wildman–Crippen LogP) is 2.31. The van der Waals surface area contributed by atoms with Crippen molar-refractivity contribution in [3.8, 4) is 11.4 Å². The minimum absolute atomic E-state index is 0.0328. The van der Waals surface area contributed by atoms with E-state index in [-0.39, 0.29) is 25.7 Å². The van der Waals surface area contributed by atoms with E-state index >= 15 is 0 Å². The van der Waals surface area contributed by atoms with Gasteiger partial charge in [-0.25, -0.2) is 0 Å². The first kappa shape index (κ1) is 20.2.